The molecule has 1 amide bonds. The number of anilines is 1. The van der Waals surface area contributed by atoms with Crippen molar-refractivity contribution in [2.24, 2.45) is 0 Å². The molecule has 0 unspecified atom stereocenters. The van der Waals surface area contributed by atoms with Crippen molar-refractivity contribution in [3.63, 3.8) is 0 Å². The van der Waals surface area contributed by atoms with Crippen molar-refractivity contribution in [2.75, 3.05) is 12.4 Å². The van der Waals surface area contributed by atoms with Crippen LogP contribution in [0, 0.1) is 6.92 Å². The number of benzene rings is 3. The average molecular weight is 531 g/mol. The van der Waals surface area contributed by atoms with Gasteiger partial charge in [0.2, 0.25) is 0 Å². The molecular formula is C30H27ClN2O5. The zero-order valence-corrected chi connectivity index (χ0v) is 22.1. The van der Waals surface area contributed by atoms with Crippen molar-refractivity contribution in [1.82, 2.24) is 5.16 Å². The fraction of sp³-hybridized carbons (Fsp3) is 0.233. The van der Waals surface area contributed by atoms with Gasteiger partial charge in [0.1, 0.15) is 17.5 Å². The van der Waals surface area contributed by atoms with Gasteiger partial charge in [-0.15, -0.1) is 0 Å². The Morgan fingerprint density at radius 3 is 2.50 bits per heavy atom. The molecule has 1 aromatic heterocycles. The molecule has 194 valence electrons. The summed E-state index contributed by atoms with van der Waals surface area (Å²) < 4.78 is 16.0. The van der Waals surface area contributed by atoms with Gasteiger partial charge in [0, 0.05) is 16.1 Å². The number of methoxy groups -OCH3 is 1. The second-order valence-electron chi connectivity index (χ2n) is 9.28. The van der Waals surface area contributed by atoms with E-state index in [2.05, 4.69) is 34.7 Å². The molecule has 1 N–H and O–H groups in total. The van der Waals surface area contributed by atoms with Gasteiger partial charge in [0.05, 0.1) is 13.5 Å². The summed E-state index contributed by atoms with van der Waals surface area (Å²) in [6.45, 7) is 3.53. The van der Waals surface area contributed by atoms with Crippen LogP contribution in [-0.2, 0) is 33.5 Å². The van der Waals surface area contributed by atoms with E-state index < -0.39 is 12.2 Å². The van der Waals surface area contributed by atoms with Crippen LogP contribution in [0.1, 0.15) is 41.0 Å². The zero-order valence-electron chi connectivity index (χ0n) is 21.3. The highest BCUT2D eigenvalue weighted by atomic mass is 35.5. The second-order valence-corrected chi connectivity index (χ2v) is 9.69. The molecule has 4 aromatic rings. The molecule has 1 aliphatic carbocycles. The van der Waals surface area contributed by atoms with Crippen LogP contribution in [0.15, 0.2) is 65.2 Å². The lowest BCUT2D eigenvalue weighted by atomic mass is 9.83. The molecule has 0 radical (unpaired) electrons. The van der Waals surface area contributed by atoms with Gasteiger partial charge in [0.15, 0.2) is 5.76 Å². The van der Waals surface area contributed by atoms with E-state index in [1.54, 1.807) is 19.9 Å². The Morgan fingerprint density at radius 2 is 1.76 bits per heavy atom. The van der Waals surface area contributed by atoms with Crippen LogP contribution < -0.4 is 5.32 Å². The lowest BCUT2D eigenvalue weighted by Gasteiger charge is -2.21. The molecule has 0 bridgehead atoms. The van der Waals surface area contributed by atoms with Gasteiger partial charge in [-0.1, -0.05) is 65.3 Å². The minimum absolute atomic E-state index is 0.250. The summed E-state index contributed by atoms with van der Waals surface area (Å²) in [6, 6.07) is 19.4. The molecule has 0 saturated carbocycles. The first-order valence-corrected chi connectivity index (χ1v) is 12.7. The number of rotatable bonds is 6. The maximum absolute atomic E-state index is 12.8. The number of carbonyl (C=O) groups is 2. The predicted molar refractivity (Wildman–Crippen MR) is 145 cm³/mol. The number of esters is 1. The number of amides is 1. The van der Waals surface area contributed by atoms with E-state index in [0.717, 1.165) is 40.7 Å². The molecule has 1 heterocycles. The van der Waals surface area contributed by atoms with Crippen molar-refractivity contribution in [3.8, 4) is 22.5 Å². The van der Waals surface area contributed by atoms with Crippen LogP contribution in [0.3, 0.4) is 0 Å². The molecule has 5 rings (SSSR count). The van der Waals surface area contributed by atoms with Gasteiger partial charge in [-0.25, -0.2) is 4.79 Å². The number of nitrogens with zero attached hydrogens (tertiary/aromatic N) is 1. The zero-order chi connectivity index (χ0) is 26.8. The van der Waals surface area contributed by atoms with Crippen LogP contribution in [0.5, 0.6) is 0 Å². The van der Waals surface area contributed by atoms with Gasteiger partial charge in [-0.3, -0.25) is 10.1 Å². The molecule has 1 atom stereocenters. The van der Waals surface area contributed by atoms with Crippen LogP contribution in [0.2, 0.25) is 5.02 Å². The number of aryl methyl sites for hydroxylation is 3. The highest BCUT2D eigenvalue weighted by molar-refractivity contribution is 6.31. The Bertz CT molecular complexity index is 1530. The highest BCUT2D eigenvalue weighted by Crippen LogP contribution is 2.39. The monoisotopic (exact) mass is 530 g/mol. The molecule has 0 fully saturated rings. The van der Waals surface area contributed by atoms with Gasteiger partial charge in [-0.05, 0) is 66.6 Å². The van der Waals surface area contributed by atoms with E-state index in [1.165, 1.54) is 18.2 Å². The molecule has 7 nitrogen and oxygen atoms in total. The van der Waals surface area contributed by atoms with Crippen molar-refractivity contribution >= 4 is 29.4 Å². The second kappa shape index (κ2) is 10.7. The topological polar surface area (TPSA) is 90.7 Å². The summed E-state index contributed by atoms with van der Waals surface area (Å²) >= 11 is 6.24. The number of carbonyl (C=O) groups excluding carboxylic acids is 2. The predicted octanol–water partition coefficient (Wildman–Crippen LogP) is 7.09. The number of halogens is 1. The summed E-state index contributed by atoms with van der Waals surface area (Å²) in [5, 5.41) is 7.42. The number of ether oxygens (including phenoxy) is 2. The van der Waals surface area contributed by atoms with Crippen molar-refractivity contribution in [3.05, 3.63) is 93.6 Å². The standard InChI is InChI=1S/C30H27ClN2O5/c1-17-28(32-30(35)37-18(2)23-6-4-5-7-26(23)31)29(38-33-17)22-11-13-25-21(16-22)10-9-20-14-19(8-12-24(20)25)15-27(34)36-3/h4-8,11-14,16,18H,9-10,15H2,1-3H3,(H,32,35)/t18-/m1/s1. The largest absolute Gasteiger partial charge is 0.469 e. The first-order valence-electron chi connectivity index (χ1n) is 12.3. The normalized spacial score (nSPS) is 12.7. The number of nitrogens with one attached hydrogen (secondary N) is 1. The maximum Gasteiger partial charge on any atom is 0.412 e. The Hall–Kier alpha value is -4.10. The van der Waals surface area contributed by atoms with Crippen molar-refractivity contribution in [1.29, 1.82) is 0 Å². The summed E-state index contributed by atoms with van der Waals surface area (Å²) in [5.74, 6) is 0.214. The highest BCUT2D eigenvalue weighted by Gasteiger charge is 2.23. The minimum Gasteiger partial charge on any atom is -0.469 e. The van der Waals surface area contributed by atoms with E-state index in [9.17, 15) is 9.59 Å². The number of hydrogen-bond donors (Lipinski definition) is 1. The number of fused-ring (bicyclic) bond motifs is 3. The molecule has 0 saturated heterocycles. The van der Waals surface area contributed by atoms with Gasteiger partial charge >= 0.3 is 12.1 Å². The van der Waals surface area contributed by atoms with Crippen LogP contribution in [-0.4, -0.2) is 24.3 Å². The van der Waals surface area contributed by atoms with E-state index in [0.29, 0.717) is 22.2 Å². The Labute approximate surface area is 225 Å². The van der Waals surface area contributed by atoms with Crippen molar-refractivity contribution in [2.45, 2.75) is 39.2 Å². The third-order valence-electron chi connectivity index (χ3n) is 6.78. The summed E-state index contributed by atoms with van der Waals surface area (Å²) in [7, 11) is 1.40. The molecule has 1 aliphatic rings. The molecular weight excluding hydrogens is 504 g/mol. The molecule has 0 aliphatic heterocycles. The average Bonchev–Trinajstić information content (AvgIpc) is 3.27. The van der Waals surface area contributed by atoms with Crippen LogP contribution in [0.25, 0.3) is 22.5 Å². The van der Waals surface area contributed by atoms with E-state index >= 15 is 0 Å². The van der Waals surface area contributed by atoms with E-state index in [1.807, 2.05) is 30.3 Å². The Balaban J connectivity index is 1.36. The fourth-order valence-corrected chi connectivity index (χ4v) is 5.10. The smallest absolute Gasteiger partial charge is 0.412 e. The summed E-state index contributed by atoms with van der Waals surface area (Å²) in [6.07, 6.45) is 0.790. The van der Waals surface area contributed by atoms with E-state index in [4.69, 9.17) is 25.6 Å². The number of aromatic nitrogens is 1. The summed E-state index contributed by atoms with van der Waals surface area (Å²) in [5.41, 5.74) is 8.15. The number of hydrogen-bond acceptors (Lipinski definition) is 6. The molecule has 0 spiro atoms. The van der Waals surface area contributed by atoms with Crippen LogP contribution in [0.4, 0.5) is 10.5 Å². The SMILES string of the molecule is COC(=O)Cc1ccc2c(c1)CCc1cc(-c3onc(C)c3NC(=O)O[C@H](C)c3ccccc3Cl)ccc1-2. The third kappa shape index (κ3) is 5.15. The third-order valence-corrected chi connectivity index (χ3v) is 7.13. The van der Waals surface area contributed by atoms with E-state index in [-0.39, 0.29) is 12.4 Å². The first kappa shape index (κ1) is 25.5. The summed E-state index contributed by atoms with van der Waals surface area (Å²) in [4.78, 5) is 24.4. The quantitative estimate of drug-likeness (QED) is 0.267. The van der Waals surface area contributed by atoms with Crippen molar-refractivity contribution < 1.29 is 23.6 Å². The van der Waals surface area contributed by atoms with Gasteiger partial charge in [0.25, 0.3) is 0 Å². The van der Waals surface area contributed by atoms with Gasteiger partial charge in [-0.2, -0.15) is 0 Å². The lowest BCUT2D eigenvalue weighted by molar-refractivity contribution is -0.139. The minimum atomic E-state index is -0.625. The maximum atomic E-state index is 12.8. The van der Waals surface area contributed by atoms with Gasteiger partial charge < -0.3 is 14.0 Å². The Kier molecular flexibility index (Phi) is 7.20. The fourth-order valence-electron chi connectivity index (χ4n) is 4.81. The van der Waals surface area contributed by atoms with Crippen LogP contribution >= 0.6 is 11.6 Å². The first-order chi connectivity index (χ1) is 18.3. The molecule has 8 heteroatoms. The molecule has 38 heavy (non-hydrogen) atoms. The Morgan fingerprint density at radius 1 is 1.05 bits per heavy atom. The lowest BCUT2D eigenvalue weighted by Crippen LogP contribution is -2.17. The molecule has 3 aromatic carbocycles.